The summed E-state index contributed by atoms with van der Waals surface area (Å²) in [5.41, 5.74) is 0. The SMILES string of the molecule is COCC1CCN(S(=O)(=O)N2CCCC(C(=O)O)C2)CC1. The molecule has 0 aromatic carbocycles. The predicted octanol–water partition coefficient (Wildman–Crippen LogP) is 0.386. The number of rotatable bonds is 5. The van der Waals surface area contributed by atoms with E-state index in [2.05, 4.69) is 0 Å². The van der Waals surface area contributed by atoms with E-state index < -0.39 is 22.1 Å². The van der Waals surface area contributed by atoms with Gasteiger partial charge in [-0.05, 0) is 31.6 Å². The van der Waals surface area contributed by atoms with E-state index >= 15 is 0 Å². The van der Waals surface area contributed by atoms with Crippen LogP contribution in [-0.2, 0) is 19.7 Å². The largest absolute Gasteiger partial charge is 0.481 e. The maximum atomic E-state index is 12.6. The molecule has 0 aromatic heterocycles. The second-order valence-electron chi connectivity index (χ2n) is 5.84. The van der Waals surface area contributed by atoms with Gasteiger partial charge < -0.3 is 9.84 Å². The van der Waals surface area contributed by atoms with E-state index in [1.807, 2.05) is 0 Å². The lowest BCUT2D eigenvalue weighted by molar-refractivity contribution is -0.142. The fourth-order valence-corrected chi connectivity index (χ4v) is 4.79. The summed E-state index contributed by atoms with van der Waals surface area (Å²) in [4.78, 5) is 11.1. The summed E-state index contributed by atoms with van der Waals surface area (Å²) in [6.45, 7) is 2.16. The van der Waals surface area contributed by atoms with Crippen molar-refractivity contribution in [1.29, 1.82) is 0 Å². The number of nitrogens with zero attached hydrogens (tertiary/aromatic N) is 2. The predicted molar refractivity (Wildman–Crippen MR) is 77.0 cm³/mol. The molecule has 0 saturated carbocycles. The number of carboxylic acids is 1. The molecule has 122 valence electrons. The first-order valence-electron chi connectivity index (χ1n) is 7.42. The van der Waals surface area contributed by atoms with Crippen molar-refractivity contribution in [3.63, 3.8) is 0 Å². The highest BCUT2D eigenvalue weighted by atomic mass is 32.2. The summed E-state index contributed by atoms with van der Waals surface area (Å²) in [6.07, 6.45) is 2.75. The van der Waals surface area contributed by atoms with Gasteiger partial charge >= 0.3 is 5.97 Å². The van der Waals surface area contributed by atoms with Crippen LogP contribution in [-0.4, -0.2) is 68.0 Å². The van der Waals surface area contributed by atoms with Crippen molar-refractivity contribution in [2.75, 3.05) is 39.9 Å². The van der Waals surface area contributed by atoms with E-state index in [4.69, 9.17) is 9.84 Å². The minimum Gasteiger partial charge on any atom is -0.481 e. The van der Waals surface area contributed by atoms with Crippen LogP contribution in [0.5, 0.6) is 0 Å². The van der Waals surface area contributed by atoms with Crippen LogP contribution in [0.25, 0.3) is 0 Å². The summed E-state index contributed by atoms with van der Waals surface area (Å²) >= 11 is 0. The molecule has 2 rings (SSSR count). The van der Waals surface area contributed by atoms with Crippen LogP contribution >= 0.6 is 0 Å². The van der Waals surface area contributed by atoms with Gasteiger partial charge in [-0.15, -0.1) is 0 Å². The Morgan fingerprint density at radius 3 is 2.43 bits per heavy atom. The van der Waals surface area contributed by atoms with Gasteiger partial charge in [-0.25, -0.2) is 0 Å². The van der Waals surface area contributed by atoms with E-state index in [0.29, 0.717) is 45.0 Å². The van der Waals surface area contributed by atoms with E-state index in [9.17, 15) is 13.2 Å². The molecule has 1 unspecified atom stereocenters. The molecule has 7 nitrogen and oxygen atoms in total. The summed E-state index contributed by atoms with van der Waals surface area (Å²) in [7, 11) is -1.87. The van der Waals surface area contributed by atoms with Crippen molar-refractivity contribution in [2.45, 2.75) is 25.7 Å². The van der Waals surface area contributed by atoms with Crippen molar-refractivity contribution in [3.8, 4) is 0 Å². The van der Waals surface area contributed by atoms with Crippen LogP contribution in [0.2, 0.25) is 0 Å². The fourth-order valence-electron chi connectivity index (χ4n) is 3.06. The summed E-state index contributed by atoms with van der Waals surface area (Å²) in [5.74, 6) is -1.08. The van der Waals surface area contributed by atoms with Gasteiger partial charge in [-0.3, -0.25) is 4.79 Å². The van der Waals surface area contributed by atoms with Gasteiger partial charge in [0.1, 0.15) is 0 Å². The molecule has 1 N–H and O–H groups in total. The van der Waals surface area contributed by atoms with Crippen LogP contribution in [0, 0.1) is 11.8 Å². The number of aliphatic carboxylic acids is 1. The van der Waals surface area contributed by atoms with Crippen molar-refractivity contribution in [2.24, 2.45) is 11.8 Å². The Hall–Kier alpha value is -0.700. The summed E-state index contributed by atoms with van der Waals surface area (Å²) in [5, 5.41) is 9.08. The Morgan fingerprint density at radius 1 is 1.19 bits per heavy atom. The lowest BCUT2D eigenvalue weighted by Gasteiger charge is -2.37. The zero-order valence-corrected chi connectivity index (χ0v) is 13.2. The topological polar surface area (TPSA) is 87.2 Å². The fraction of sp³-hybridized carbons (Fsp3) is 0.923. The maximum Gasteiger partial charge on any atom is 0.307 e. The van der Waals surface area contributed by atoms with Gasteiger partial charge in [0, 0.05) is 39.9 Å². The molecule has 8 heteroatoms. The zero-order chi connectivity index (χ0) is 15.5. The number of hydrogen-bond donors (Lipinski definition) is 1. The standard InChI is InChI=1S/C13H24N2O5S/c1-20-10-11-4-7-14(8-5-11)21(18,19)15-6-2-3-12(9-15)13(16)17/h11-12H,2-10H2,1H3,(H,16,17). The highest BCUT2D eigenvalue weighted by Crippen LogP contribution is 2.25. The summed E-state index contributed by atoms with van der Waals surface area (Å²) < 4.78 is 33.1. The Kier molecular flexibility index (Phi) is 5.59. The third-order valence-corrected chi connectivity index (χ3v) is 6.36. The first-order valence-corrected chi connectivity index (χ1v) is 8.81. The van der Waals surface area contributed by atoms with Crippen LogP contribution < -0.4 is 0 Å². The Morgan fingerprint density at radius 2 is 1.86 bits per heavy atom. The molecule has 2 saturated heterocycles. The Bertz CT molecular complexity index is 459. The van der Waals surface area contributed by atoms with Crippen LogP contribution in [0.4, 0.5) is 0 Å². The van der Waals surface area contributed by atoms with Crippen LogP contribution in [0.1, 0.15) is 25.7 Å². The van der Waals surface area contributed by atoms with Crippen molar-refractivity contribution < 1.29 is 23.1 Å². The number of hydrogen-bond acceptors (Lipinski definition) is 4. The first kappa shape index (κ1) is 16.7. The molecule has 2 aliphatic rings. The molecule has 2 heterocycles. The van der Waals surface area contributed by atoms with Gasteiger partial charge in [-0.2, -0.15) is 17.0 Å². The van der Waals surface area contributed by atoms with Crippen LogP contribution in [0.3, 0.4) is 0 Å². The molecule has 0 radical (unpaired) electrons. The molecular formula is C13H24N2O5S. The van der Waals surface area contributed by atoms with Crippen molar-refractivity contribution >= 4 is 16.2 Å². The van der Waals surface area contributed by atoms with Crippen LogP contribution in [0.15, 0.2) is 0 Å². The summed E-state index contributed by atoms with van der Waals surface area (Å²) in [6, 6.07) is 0. The second kappa shape index (κ2) is 7.04. The molecule has 2 fully saturated rings. The second-order valence-corrected chi connectivity index (χ2v) is 7.77. The van der Waals surface area contributed by atoms with Crippen molar-refractivity contribution in [1.82, 2.24) is 8.61 Å². The van der Waals surface area contributed by atoms with E-state index in [1.165, 1.54) is 8.61 Å². The van der Waals surface area contributed by atoms with E-state index in [1.54, 1.807) is 7.11 Å². The molecule has 0 aliphatic carbocycles. The minimum atomic E-state index is -3.53. The molecule has 0 spiro atoms. The number of methoxy groups -OCH3 is 1. The highest BCUT2D eigenvalue weighted by Gasteiger charge is 2.37. The number of carbonyl (C=O) groups is 1. The quantitative estimate of drug-likeness (QED) is 0.791. The molecule has 0 aromatic rings. The van der Waals surface area contributed by atoms with E-state index in [0.717, 1.165) is 12.8 Å². The third-order valence-electron chi connectivity index (χ3n) is 4.36. The highest BCUT2D eigenvalue weighted by molar-refractivity contribution is 7.86. The number of carboxylic acid groups (broad SMARTS) is 1. The monoisotopic (exact) mass is 320 g/mol. The normalized spacial score (nSPS) is 26.8. The smallest absolute Gasteiger partial charge is 0.307 e. The Labute approximate surface area is 126 Å². The molecule has 21 heavy (non-hydrogen) atoms. The first-order chi connectivity index (χ1) is 9.95. The lowest BCUT2D eigenvalue weighted by Crippen LogP contribution is -2.51. The number of ether oxygens (including phenoxy) is 1. The average Bonchev–Trinajstić information content (AvgIpc) is 2.48. The molecular weight excluding hydrogens is 296 g/mol. The molecule has 0 amide bonds. The molecule has 0 bridgehead atoms. The Balaban J connectivity index is 1.97. The third kappa shape index (κ3) is 3.94. The van der Waals surface area contributed by atoms with Crippen molar-refractivity contribution in [3.05, 3.63) is 0 Å². The van der Waals surface area contributed by atoms with Gasteiger partial charge in [-0.1, -0.05) is 0 Å². The van der Waals surface area contributed by atoms with Gasteiger partial charge in [0.2, 0.25) is 0 Å². The molecule has 2 aliphatic heterocycles. The van der Waals surface area contributed by atoms with Gasteiger partial charge in [0.05, 0.1) is 5.92 Å². The van der Waals surface area contributed by atoms with Gasteiger partial charge in [0.15, 0.2) is 0 Å². The van der Waals surface area contributed by atoms with E-state index in [-0.39, 0.29) is 6.54 Å². The lowest BCUT2D eigenvalue weighted by atomic mass is 9.99. The zero-order valence-electron chi connectivity index (χ0n) is 12.4. The molecule has 1 atom stereocenters. The average molecular weight is 320 g/mol. The number of piperidine rings is 2. The van der Waals surface area contributed by atoms with Gasteiger partial charge in [0.25, 0.3) is 10.2 Å². The maximum absolute atomic E-state index is 12.6. The minimum absolute atomic E-state index is 0.0929.